The SMILES string of the molecule is O=C1NC(SCc2ccccc2)=N/C1=C/c1ccccc1. The summed E-state index contributed by atoms with van der Waals surface area (Å²) in [6.45, 7) is 0. The van der Waals surface area contributed by atoms with E-state index in [0.717, 1.165) is 11.3 Å². The van der Waals surface area contributed by atoms with Crippen LogP contribution in [0.5, 0.6) is 0 Å². The summed E-state index contributed by atoms with van der Waals surface area (Å²) in [5.74, 6) is 0.646. The second-order valence-electron chi connectivity index (χ2n) is 4.59. The monoisotopic (exact) mass is 294 g/mol. The van der Waals surface area contributed by atoms with Crippen LogP contribution in [0.2, 0.25) is 0 Å². The van der Waals surface area contributed by atoms with E-state index in [-0.39, 0.29) is 5.91 Å². The van der Waals surface area contributed by atoms with Crippen molar-refractivity contribution in [3.63, 3.8) is 0 Å². The standard InChI is InChI=1S/C17H14N2OS/c20-16-15(11-13-7-3-1-4-8-13)18-17(19-16)21-12-14-9-5-2-6-10-14/h1-11H,12H2,(H,18,19,20)/b15-11+. The van der Waals surface area contributed by atoms with Crippen molar-refractivity contribution in [3.05, 3.63) is 77.5 Å². The zero-order valence-corrected chi connectivity index (χ0v) is 12.1. The van der Waals surface area contributed by atoms with Crippen LogP contribution in [-0.4, -0.2) is 11.1 Å². The van der Waals surface area contributed by atoms with Crippen LogP contribution in [-0.2, 0) is 10.5 Å². The summed E-state index contributed by atoms with van der Waals surface area (Å²) in [6.07, 6.45) is 1.80. The van der Waals surface area contributed by atoms with Crippen LogP contribution in [0.15, 0.2) is 71.4 Å². The normalized spacial score (nSPS) is 15.9. The fourth-order valence-electron chi connectivity index (χ4n) is 1.95. The topological polar surface area (TPSA) is 41.5 Å². The summed E-state index contributed by atoms with van der Waals surface area (Å²) >= 11 is 1.53. The molecule has 0 aliphatic carbocycles. The predicted octanol–water partition coefficient (Wildman–Crippen LogP) is 3.45. The first-order valence-electron chi connectivity index (χ1n) is 6.65. The van der Waals surface area contributed by atoms with Crippen molar-refractivity contribution in [2.24, 2.45) is 4.99 Å². The van der Waals surface area contributed by atoms with Gasteiger partial charge in [-0.05, 0) is 17.2 Å². The molecule has 2 aromatic rings. The molecule has 0 bridgehead atoms. The minimum Gasteiger partial charge on any atom is -0.300 e. The lowest BCUT2D eigenvalue weighted by atomic mass is 10.2. The lowest BCUT2D eigenvalue weighted by Gasteiger charge is -2.00. The average Bonchev–Trinajstić information content (AvgIpc) is 2.87. The van der Waals surface area contributed by atoms with Crippen molar-refractivity contribution in [3.8, 4) is 0 Å². The van der Waals surface area contributed by atoms with Crippen LogP contribution >= 0.6 is 11.8 Å². The molecule has 1 heterocycles. The molecule has 104 valence electrons. The molecule has 4 heteroatoms. The molecule has 1 amide bonds. The van der Waals surface area contributed by atoms with Crippen molar-refractivity contribution >= 4 is 28.9 Å². The molecule has 0 radical (unpaired) electrons. The molecule has 21 heavy (non-hydrogen) atoms. The molecule has 1 N–H and O–H groups in total. The van der Waals surface area contributed by atoms with Gasteiger partial charge in [0.15, 0.2) is 5.17 Å². The van der Waals surface area contributed by atoms with Gasteiger partial charge >= 0.3 is 0 Å². The molecular formula is C17H14N2OS. The number of hydrogen-bond acceptors (Lipinski definition) is 3. The fraction of sp³-hybridized carbons (Fsp3) is 0.0588. The minimum atomic E-state index is -0.144. The smallest absolute Gasteiger partial charge is 0.275 e. The Hall–Kier alpha value is -2.33. The lowest BCUT2D eigenvalue weighted by Crippen LogP contribution is -2.21. The van der Waals surface area contributed by atoms with E-state index in [4.69, 9.17) is 0 Å². The number of carbonyl (C=O) groups excluding carboxylic acids is 1. The first-order valence-corrected chi connectivity index (χ1v) is 7.63. The Morgan fingerprint density at radius 1 is 1.00 bits per heavy atom. The second kappa shape index (κ2) is 6.41. The molecule has 1 aliphatic heterocycles. The average molecular weight is 294 g/mol. The van der Waals surface area contributed by atoms with E-state index in [1.54, 1.807) is 6.08 Å². The van der Waals surface area contributed by atoms with E-state index in [2.05, 4.69) is 22.4 Å². The van der Waals surface area contributed by atoms with Gasteiger partial charge < -0.3 is 0 Å². The number of benzene rings is 2. The third kappa shape index (κ3) is 3.61. The Morgan fingerprint density at radius 2 is 1.67 bits per heavy atom. The molecule has 0 saturated heterocycles. The van der Waals surface area contributed by atoms with Gasteiger partial charge in [-0.1, -0.05) is 72.4 Å². The molecule has 0 aromatic heterocycles. The van der Waals surface area contributed by atoms with E-state index in [0.29, 0.717) is 10.9 Å². The third-order valence-corrected chi connectivity index (χ3v) is 3.94. The maximum absolute atomic E-state index is 11.9. The number of nitrogens with one attached hydrogen (secondary N) is 1. The van der Waals surface area contributed by atoms with Gasteiger partial charge in [-0.25, -0.2) is 4.99 Å². The van der Waals surface area contributed by atoms with E-state index in [9.17, 15) is 4.79 Å². The van der Waals surface area contributed by atoms with Crippen molar-refractivity contribution in [1.29, 1.82) is 0 Å². The Kier molecular flexibility index (Phi) is 4.17. The van der Waals surface area contributed by atoms with Gasteiger partial charge in [0.1, 0.15) is 5.70 Å². The number of rotatable bonds is 3. The maximum Gasteiger partial charge on any atom is 0.275 e. The molecule has 3 rings (SSSR count). The van der Waals surface area contributed by atoms with Crippen LogP contribution in [0.1, 0.15) is 11.1 Å². The Labute approximate surface area is 127 Å². The molecule has 2 aromatic carbocycles. The highest BCUT2D eigenvalue weighted by atomic mass is 32.2. The van der Waals surface area contributed by atoms with Crippen molar-refractivity contribution in [2.75, 3.05) is 0 Å². The van der Waals surface area contributed by atoms with Crippen LogP contribution in [0.3, 0.4) is 0 Å². The molecule has 0 unspecified atom stereocenters. The zero-order chi connectivity index (χ0) is 14.5. The highest BCUT2D eigenvalue weighted by molar-refractivity contribution is 8.13. The summed E-state index contributed by atoms with van der Waals surface area (Å²) in [5, 5.41) is 3.46. The maximum atomic E-state index is 11.9. The van der Waals surface area contributed by atoms with Gasteiger partial charge in [0.2, 0.25) is 0 Å². The largest absolute Gasteiger partial charge is 0.300 e. The van der Waals surface area contributed by atoms with Crippen molar-refractivity contribution in [1.82, 2.24) is 5.32 Å². The second-order valence-corrected chi connectivity index (χ2v) is 5.55. The fourth-order valence-corrected chi connectivity index (χ4v) is 2.77. The van der Waals surface area contributed by atoms with Crippen molar-refractivity contribution < 1.29 is 4.79 Å². The van der Waals surface area contributed by atoms with Crippen LogP contribution < -0.4 is 5.32 Å². The van der Waals surface area contributed by atoms with Crippen LogP contribution in [0.25, 0.3) is 6.08 Å². The molecule has 0 saturated carbocycles. The molecule has 1 aliphatic rings. The van der Waals surface area contributed by atoms with Gasteiger partial charge in [0.25, 0.3) is 5.91 Å². The van der Waals surface area contributed by atoms with E-state index in [1.165, 1.54) is 17.3 Å². The summed E-state index contributed by atoms with van der Waals surface area (Å²) in [4.78, 5) is 16.3. The molecular weight excluding hydrogens is 280 g/mol. The van der Waals surface area contributed by atoms with E-state index >= 15 is 0 Å². The number of hydrogen-bond donors (Lipinski definition) is 1. The predicted molar refractivity (Wildman–Crippen MR) is 87.7 cm³/mol. The Bertz CT molecular complexity index is 693. The minimum absolute atomic E-state index is 0.144. The van der Waals surface area contributed by atoms with E-state index < -0.39 is 0 Å². The number of amides is 1. The number of aliphatic imine (C=N–C) groups is 1. The summed E-state index contributed by atoms with van der Waals surface area (Å²) in [7, 11) is 0. The zero-order valence-electron chi connectivity index (χ0n) is 11.3. The number of carbonyl (C=O) groups is 1. The number of thioether (sulfide) groups is 1. The first kappa shape index (κ1) is 13.6. The quantitative estimate of drug-likeness (QED) is 0.881. The summed E-state index contributed by atoms with van der Waals surface area (Å²) < 4.78 is 0. The highest BCUT2D eigenvalue weighted by Crippen LogP contribution is 2.19. The van der Waals surface area contributed by atoms with Gasteiger partial charge in [-0.3, -0.25) is 10.1 Å². The van der Waals surface area contributed by atoms with Gasteiger partial charge in [-0.2, -0.15) is 0 Å². The lowest BCUT2D eigenvalue weighted by molar-refractivity contribution is -0.115. The number of nitrogens with zero attached hydrogens (tertiary/aromatic N) is 1. The summed E-state index contributed by atoms with van der Waals surface area (Å²) in [6, 6.07) is 19.8. The van der Waals surface area contributed by atoms with Crippen LogP contribution in [0.4, 0.5) is 0 Å². The molecule has 3 nitrogen and oxygen atoms in total. The third-order valence-electron chi connectivity index (χ3n) is 3.00. The molecule has 0 spiro atoms. The molecule has 0 atom stereocenters. The van der Waals surface area contributed by atoms with E-state index in [1.807, 2.05) is 48.5 Å². The van der Waals surface area contributed by atoms with Gasteiger partial charge in [-0.15, -0.1) is 0 Å². The molecule has 0 fully saturated rings. The van der Waals surface area contributed by atoms with Gasteiger partial charge in [0.05, 0.1) is 0 Å². The van der Waals surface area contributed by atoms with Crippen LogP contribution in [0, 0.1) is 0 Å². The summed E-state index contributed by atoms with van der Waals surface area (Å²) in [5.41, 5.74) is 2.64. The Morgan fingerprint density at radius 3 is 2.38 bits per heavy atom. The number of amidine groups is 1. The Balaban J connectivity index is 1.69. The van der Waals surface area contributed by atoms with Crippen molar-refractivity contribution in [2.45, 2.75) is 5.75 Å². The highest BCUT2D eigenvalue weighted by Gasteiger charge is 2.20. The van der Waals surface area contributed by atoms with Gasteiger partial charge in [0, 0.05) is 5.75 Å². The first-order chi connectivity index (χ1) is 10.3.